The standard InChI is InChI=1S/C16H14FN3O5/c1-23-8-11(14(21)20-16(22)24-2)10-5-3-4-6-13(10)25-15-12(17)7-18-9-19-15/h3-9H,1-2H3,(H,20,21,22)/b11-8+. The molecule has 0 saturated carbocycles. The van der Waals surface area contributed by atoms with Crippen LogP contribution in [0, 0.1) is 5.82 Å². The van der Waals surface area contributed by atoms with Gasteiger partial charge in [-0.25, -0.2) is 9.78 Å². The lowest BCUT2D eigenvalue weighted by Crippen LogP contribution is -2.31. The summed E-state index contributed by atoms with van der Waals surface area (Å²) in [5.41, 5.74) is 0.224. The number of nitrogens with zero attached hydrogens (tertiary/aromatic N) is 2. The van der Waals surface area contributed by atoms with Crippen LogP contribution in [0.5, 0.6) is 11.6 Å². The third-order valence-electron chi connectivity index (χ3n) is 2.90. The van der Waals surface area contributed by atoms with Crippen LogP contribution in [-0.2, 0) is 14.3 Å². The fraction of sp³-hybridized carbons (Fsp3) is 0.125. The molecule has 0 fully saturated rings. The van der Waals surface area contributed by atoms with E-state index in [0.717, 1.165) is 25.9 Å². The number of hydrogen-bond donors (Lipinski definition) is 1. The summed E-state index contributed by atoms with van der Waals surface area (Å²) in [5, 5.41) is 2.01. The van der Waals surface area contributed by atoms with E-state index in [4.69, 9.17) is 9.47 Å². The van der Waals surface area contributed by atoms with Crippen LogP contribution >= 0.6 is 0 Å². The Morgan fingerprint density at radius 2 is 2.00 bits per heavy atom. The van der Waals surface area contributed by atoms with E-state index in [2.05, 4.69) is 14.7 Å². The first kappa shape index (κ1) is 17.9. The van der Waals surface area contributed by atoms with Crippen molar-refractivity contribution in [2.24, 2.45) is 0 Å². The van der Waals surface area contributed by atoms with Gasteiger partial charge in [0.1, 0.15) is 12.1 Å². The second-order valence-corrected chi connectivity index (χ2v) is 4.49. The molecule has 9 heteroatoms. The lowest BCUT2D eigenvalue weighted by atomic mass is 10.1. The number of hydrogen-bond acceptors (Lipinski definition) is 7. The highest BCUT2D eigenvalue weighted by Gasteiger charge is 2.20. The Morgan fingerprint density at radius 3 is 2.68 bits per heavy atom. The van der Waals surface area contributed by atoms with Gasteiger partial charge in [-0.2, -0.15) is 9.37 Å². The molecular weight excluding hydrogens is 333 g/mol. The molecule has 1 aromatic heterocycles. The first-order chi connectivity index (χ1) is 12.1. The minimum absolute atomic E-state index is 0.0297. The van der Waals surface area contributed by atoms with E-state index >= 15 is 0 Å². The second-order valence-electron chi connectivity index (χ2n) is 4.49. The molecule has 0 aliphatic carbocycles. The van der Waals surface area contributed by atoms with Crippen molar-refractivity contribution in [2.75, 3.05) is 14.2 Å². The highest BCUT2D eigenvalue weighted by Crippen LogP contribution is 2.30. The zero-order valence-electron chi connectivity index (χ0n) is 13.4. The zero-order valence-corrected chi connectivity index (χ0v) is 13.4. The van der Waals surface area contributed by atoms with Gasteiger partial charge in [0, 0.05) is 5.56 Å². The fourth-order valence-electron chi connectivity index (χ4n) is 1.83. The van der Waals surface area contributed by atoms with E-state index in [1.807, 2.05) is 5.32 Å². The molecule has 1 heterocycles. The number of rotatable bonds is 5. The van der Waals surface area contributed by atoms with Crippen molar-refractivity contribution in [3.8, 4) is 11.6 Å². The Hall–Kier alpha value is -3.49. The maximum Gasteiger partial charge on any atom is 0.413 e. The van der Waals surface area contributed by atoms with E-state index in [1.54, 1.807) is 12.1 Å². The van der Waals surface area contributed by atoms with Gasteiger partial charge in [0.05, 0.1) is 32.3 Å². The summed E-state index contributed by atoms with van der Waals surface area (Å²) < 4.78 is 28.4. The maximum atomic E-state index is 13.7. The maximum absolute atomic E-state index is 13.7. The number of ether oxygens (including phenoxy) is 3. The van der Waals surface area contributed by atoms with E-state index in [0.29, 0.717) is 0 Å². The number of alkyl carbamates (subject to hydrolysis) is 1. The third-order valence-corrected chi connectivity index (χ3v) is 2.90. The predicted molar refractivity (Wildman–Crippen MR) is 84.0 cm³/mol. The Balaban J connectivity index is 2.39. The number of para-hydroxylation sites is 1. The van der Waals surface area contributed by atoms with Gasteiger partial charge in [-0.15, -0.1) is 0 Å². The summed E-state index contributed by atoms with van der Waals surface area (Å²) in [5.74, 6) is -1.74. The van der Waals surface area contributed by atoms with E-state index in [-0.39, 0.29) is 22.8 Å². The quantitative estimate of drug-likeness (QED) is 0.654. The van der Waals surface area contributed by atoms with Crippen molar-refractivity contribution in [1.29, 1.82) is 0 Å². The van der Waals surface area contributed by atoms with Gasteiger partial charge in [-0.05, 0) is 6.07 Å². The smallest absolute Gasteiger partial charge is 0.413 e. The molecule has 0 bridgehead atoms. The van der Waals surface area contributed by atoms with Crippen LogP contribution in [0.2, 0.25) is 0 Å². The largest absolute Gasteiger partial charge is 0.504 e. The Bertz CT molecular complexity index is 810. The van der Waals surface area contributed by atoms with Crippen LogP contribution in [0.1, 0.15) is 5.56 Å². The molecule has 130 valence electrons. The number of methoxy groups -OCH3 is 2. The molecule has 0 radical (unpaired) electrons. The average Bonchev–Trinajstić information content (AvgIpc) is 2.62. The molecule has 8 nitrogen and oxygen atoms in total. The first-order valence-electron chi connectivity index (χ1n) is 6.91. The lowest BCUT2D eigenvalue weighted by Gasteiger charge is -2.13. The van der Waals surface area contributed by atoms with Crippen LogP contribution < -0.4 is 10.1 Å². The number of amides is 2. The number of halogens is 1. The van der Waals surface area contributed by atoms with Crippen LogP contribution in [0.3, 0.4) is 0 Å². The van der Waals surface area contributed by atoms with Crippen LogP contribution in [0.25, 0.3) is 5.57 Å². The molecule has 0 spiro atoms. The minimum Gasteiger partial charge on any atom is -0.504 e. The molecule has 25 heavy (non-hydrogen) atoms. The Labute approximate surface area is 142 Å². The molecule has 0 saturated heterocycles. The number of imide groups is 1. The predicted octanol–water partition coefficient (Wildman–Crippen LogP) is 2.28. The van der Waals surface area contributed by atoms with Crippen molar-refractivity contribution in [2.45, 2.75) is 0 Å². The number of nitrogens with one attached hydrogen (secondary N) is 1. The van der Waals surface area contributed by atoms with Gasteiger partial charge in [-0.3, -0.25) is 10.1 Å². The lowest BCUT2D eigenvalue weighted by molar-refractivity contribution is -0.115. The van der Waals surface area contributed by atoms with Crippen molar-refractivity contribution in [3.63, 3.8) is 0 Å². The molecular formula is C16H14FN3O5. The van der Waals surface area contributed by atoms with E-state index < -0.39 is 17.8 Å². The molecule has 2 amide bonds. The summed E-state index contributed by atoms with van der Waals surface area (Å²) >= 11 is 0. The number of aromatic nitrogens is 2. The number of carbonyl (C=O) groups excluding carboxylic acids is 2. The average molecular weight is 347 g/mol. The summed E-state index contributed by atoms with van der Waals surface area (Å²) in [7, 11) is 2.45. The SMILES string of the molecule is CO/C=C(/C(=O)NC(=O)OC)c1ccccc1Oc1ncncc1F. The fourth-order valence-corrected chi connectivity index (χ4v) is 1.83. The molecule has 0 aliphatic rings. The van der Waals surface area contributed by atoms with Crippen LogP contribution in [0.15, 0.2) is 43.1 Å². The number of carbonyl (C=O) groups is 2. The van der Waals surface area contributed by atoms with Crippen molar-refractivity contribution >= 4 is 17.6 Å². The summed E-state index contributed by atoms with van der Waals surface area (Å²) in [6.45, 7) is 0. The molecule has 0 unspecified atom stereocenters. The number of benzene rings is 1. The Morgan fingerprint density at radius 1 is 1.24 bits per heavy atom. The van der Waals surface area contributed by atoms with Gasteiger partial charge in [0.15, 0.2) is 0 Å². The summed E-state index contributed by atoms with van der Waals surface area (Å²) in [6, 6.07) is 6.30. The Kier molecular flexibility index (Phi) is 5.99. The van der Waals surface area contributed by atoms with Crippen molar-refractivity contribution < 1.29 is 28.2 Å². The van der Waals surface area contributed by atoms with Crippen molar-refractivity contribution in [1.82, 2.24) is 15.3 Å². The monoisotopic (exact) mass is 347 g/mol. The van der Waals surface area contributed by atoms with Crippen LogP contribution in [-0.4, -0.2) is 36.2 Å². The highest BCUT2D eigenvalue weighted by atomic mass is 19.1. The third kappa shape index (κ3) is 4.50. The van der Waals surface area contributed by atoms with Gasteiger partial charge < -0.3 is 14.2 Å². The molecule has 0 aliphatic heterocycles. The summed E-state index contributed by atoms with van der Waals surface area (Å²) in [4.78, 5) is 30.7. The van der Waals surface area contributed by atoms with Gasteiger partial charge in [0.25, 0.3) is 11.8 Å². The molecule has 0 atom stereocenters. The van der Waals surface area contributed by atoms with Gasteiger partial charge in [-0.1, -0.05) is 18.2 Å². The topological polar surface area (TPSA) is 99.6 Å². The normalized spacial score (nSPS) is 10.8. The molecule has 1 N–H and O–H groups in total. The van der Waals surface area contributed by atoms with E-state index in [9.17, 15) is 14.0 Å². The van der Waals surface area contributed by atoms with Crippen molar-refractivity contribution in [3.05, 3.63) is 54.4 Å². The van der Waals surface area contributed by atoms with Gasteiger partial charge in [0.2, 0.25) is 5.82 Å². The highest BCUT2D eigenvalue weighted by molar-refractivity contribution is 6.23. The minimum atomic E-state index is -0.938. The molecule has 1 aromatic carbocycles. The van der Waals surface area contributed by atoms with E-state index in [1.165, 1.54) is 19.2 Å². The second kappa shape index (κ2) is 8.39. The first-order valence-corrected chi connectivity index (χ1v) is 6.91. The zero-order chi connectivity index (χ0) is 18.2. The van der Waals surface area contributed by atoms with Crippen LogP contribution in [0.4, 0.5) is 9.18 Å². The summed E-state index contributed by atoms with van der Waals surface area (Å²) in [6.07, 6.45) is 2.25. The molecule has 2 aromatic rings. The molecule has 2 rings (SSSR count). The van der Waals surface area contributed by atoms with Gasteiger partial charge >= 0.3 is 6.09 Å².